The molecule has 6 nitrogen and oxygen atoms in total. The zero-order valence-electron chi connectivity index (χ0n) is 15.6. The Labute approximate surface area is 155 Å². The van der Waals surface area contributed by atoms with Crippen LogP contribution in [0.1, 0.15) is 64.2 Å². The van der Waals surface area contributed by atoms with Crippen molar-refractivity contribution in [2.75, 3.05) is 13.2 Å². The van der Waals surface area contributed by atoms with E-state index in [9.17, 15) is 9.59 Å². The van der Waals surface area contributed by atoms with Crippen LogP contribution in [0, 0.1) is 11.8 Å². The largest absolute Gasteiger partial charge is 0.371 e. The number of carbonyl (C=O) groups is 2. The number of hydrogen-bond acceptors (Lipinski definition) is 4. The summed E-state index contributed by atoms with van der Waals surface area (Å²) in [6, 6.07) is -0.175. The number of hydrogen-bond donors (Lipinski definition) is 2. The number of nitrogens with one attached hydrogen (secondary N) is 2. The molecule has 2 heterocycles. The SMILES string of the molecule is O=C(CCCC1CCCCC1)NC1COC2C(NC(=O)C3CC3)COC12. The average Bonchev–Trinajstić information content (AvgIpc) is 3.32. The lowest BCUT2D eigenvalue weighted by molar-refractivity contribution is -0.123. The van der Waals surface area contributed by atoms with Crippen molar-refractivity contribution in [3.63, 3.8) is 0 Å². The monoisotopic (exact) mass is 364 g/mol. The van der Waals surface area contributed by atoms with Gasteiger partial charge in [-0.3, -0.25) is 9.59 Å². The number of amides is 2. The molecule has 0 spiro atoms. The van der Waals surface area contributed by atoms with Gasteiger partial charge in [0, 0.05) is 12.3 Å². The molecular weight excluding hydrogens is 332 g/mol. The highest BCUT2D eigenvalue weighted by Crippen LogP contribution is 2.32. The first-order valence-corrected chi connectivity index (χ1v) is 10.5. The molecule has 0 bridgehead atoms. The highest BCUT2D eigenvalue weighted by Gasteiger charge is 2.49. The number of fused-ring (bicyclic) bond motifs is 1. The van der Waals surface area contributed by atoms with Gasteiger partial charge in [-0.25, -0.2) is 0 Å². The third kappa shape index (κ3) is 4.39. The summed E-state index contributed by atoms with van der Waals surface area (Å²) in [6.45, 7) is 0.946. The standard InChI is InChI=1S/C20H32N2O4/c23-17(8-4-7-13-5-2-1-3-6-13)21-15-11-25-19-16(12-26-18(15)19)22-20(24)14-9-10-14/h13-16,18-19H,1-12H2,(H,21,23)(H,22,24). The van der Waals surface area contributed by atoms with Crippen molar-refractivity contribution < 1.29 is 19.1 Å². The summed E-state index contributed by atoms with van der Waals surface area (Å²) >= 11 is 0. The van der Waals surface area contributed by atoms with Crippen LogP contribution in [-0.2, 0) is 19.1 Å². The summed E-state index contributed by atoms with van der Waals surface area (Å²) in [5.41, 5.74) is 0. The van der Waals surface area contributed by atoms with Gasteiger partial charge in [0.25, 0.3) is 0 Å². The molecule has 2 aliphatic heterocycles. The van der Waals surface area contributed by atoms with Crippen LogP contribution in [0.15, 0.2) is 0 Å². The Hall–Kier alpha value is -1.14. The summed E-state index contributed by atoms with van der Waals surface area (Å²) in [5, 5.41) is 6.15. The van der Waals surface area contributed by atoms with Gasteiger partial charge in [-0.1, -0.05) is 32.1 Å². The number of rotatable bonds is 7. The van der Waals surface area contributed by atoms with E-state index < -0.39 is 0 Å². The van der Waals surface area contributed by atoms with Crippen molar-refractivity contribution in [2.45, 2.75) is 88.5 Å². The summed E-state index contributed by atoms with van der Waals surface area (Å²) < 4.78 is 11.7. The second-order valence-corrected chi connectivity index (χ2v) is 8.56. The van der Waals surface area contributed by atoms with Gasteiger partial charge in [0.1, 0.15) is 12.2 Å². The van der Waals surface area contributed by atoms with Crippen LogP contribution in [-0.4, -0.2) is 49.3 Å². The summed E-state index contributed by atoms with van der Waals surface area (Å²) in [7, 11) is 0. The molecule has 2 aliphatic carbocycles. The predicted molar refractivity (Wildman–Crippen MR) is 96.5 cm³/mol. The third-order valence-electron chi connectivity index (χ3n) is 6.42. The van der Waals surface area contributed by atoms with Crippen molar-refractivity contribution in [1.29, 1.82) is 0 Å². The highest BCUT2D eigenvalue weighted by atomic mass is 16.6. The molecule has 4 fully saturated rings. The first kappa shape index (κ1) is 18.2. The van der Waals surface area contributed by atoms with Crippen molar-refractivity contribution in [3.05, 3.63) is 0 Å². The van der Waals surface area contributed by atoms with E-state index in [2.05, 4.69) is 10.6 Å². The zero-order valence-corrected chi connectivity index (χ0v) is 15.6. The maximum atomic E-state index is 12.3. The molecule has 4 unspecified atom stereocenters. The van der Waals surface area contributed by atoms with Crippen LogP contribution in [0.25, 0.3) is 0 Å². The van der Waals surface area contributed by atoms with Gasteiger partial charge in [-0.2, -0.15) is 0 Å². The maximum Gasteiger partial charge on any atom is 0.223 e. The first-order chi connectivity index (χ1) is 12.7. The predicted octanol–water partition coefficient (Wildman–Crippen LogP) is 1.91. The molecular formula is C20H32N2O4. The lowest BCUT2D eigenvalue weighted by Crippen LogP contribution is -2.47. The van der Waals surface area contributed by atoms with E-state index in [1.54, 1.807) is 0 Å². The fourth-order valence-electron chi connectivity index (χ4n) is 4.70. The van der Waals surface area contributed by atoms with Gasteiger partial charge in [0.2, 0.25) is 11.8 Å². The maximum absolute atomic E-state index is 12.3. The molecule has 4 rings (SSSR count). The molecule has 0 aromatic rings. The van der Waals surface area contributed by atoms with E-state index >= 15 is 0 Å². The van der Waals surface area contributed by atoms with Crippen molar-refractivity contribution in [2.24, 2.45) is 11.8 Å². The average molecular weight is 364 g/mol. The van der Waals surface area contributed by atoms with Gasteiger partial charge in [-0.15, -0.1) is 0 Å². The molecule has 0 aromatic carbocycles. The van der Waals surface area contributed by atoms with Crippen molar-refractivity contribution in [1.82, 2.24) is 10.6 Å². The normalized spacial score (nSPS) is 34.5. The highest BCUT2D eigenvalue weighted by molar-refractivity contribution is 5.81. The van der Waals surface area contributed by atoms with E-state index in [0.717, 1.165) is 25.2 Å². The fraction of sp³-hybridized carbons (Fsp3) is 0.900. The van der Waals surface area contributed by atoms with Gasteiger partial charge in [-0.05, 0) is 31.6 Å². The van der Waals surface area contributed by atoms with Crippen molar-refractivity contribution >= 4 is 11.8 Å². The number of carbonyl (C=O) groups excluding carboxylic acids is 2. The third-order valence-corrected chi connectivity index (χ3v) is 6.42. The van der Waals surface area contributed by atoms with Gasteiger partial charge in [0.15, 0.2) is 0 Å². The quantitative estimate of drug-likeness (QED) is 0.724. The molecule has 4 aliphatic rings. The minimum atomic E-state index is -0.137. The molecule has 4 atom stereocenters. The Morgan fingerprint density at radius 3 is 2.15 bits per heavy atom. The Balaban J connectivity index is 1.17. The Morgan fingerprint density at radius 2 is 1.50 bits per heavy atom. The van der Waals surface area contributed by atoms with Crippen LogP contribution in [0.5, 0.6) is 0 Å². The van der Waals surface area contributed by atoms with Gasteiger partial charge < -0.3 is 20.1 Å². The van der Waals surface area contributed by atoms with Crippen LogP contribution in [0.2, 0.25) is 0 Å². The lowest BCUT2D eigenvalue weighted by atomic mass is 9.86. The summed E-state index contributed by atoms with van der Waals surface area (Å²) in [6.07, 6.45) is 11.2. The van der Waals surface area contributed by atoms with Crippen LogP contribution < -0.4 is 10.6 Å². The topological polar surface area (TPSA) is 76.7 Å². The van der Waals surface area contributed by atoms with E-state index in [0.29, 0.717) is 19.6 Å². The minimum absolute atomic E-state index is 0.0821. The Kier molecular flexibility index (Phi) is 5.79. The van der Waals surface area contributed by atoms with Gasteiger partial charge >= 0.3 is 0 Å². The van der Waals surface area contributed by atoms with Crippen LogP contribution in [0.3, 0.4) is 0 Å². The summed E-state index contributed by atoms with van der Waals surface area (Å²) in [5.74, 6) is 1.24. The fourth-order valence-corrected chi connectivity index (χ4v) is 4.70. The molecule has 2 saturated carbocycles. The van der Waals surface area contributed by atoms with E-state index in [-0.39, 0.29) is 42.0 Å². The Bertz CT molecular complexity index is 516. The molecule has 0 aromatic heterocycles. The molecule has 2 amide bonds. The molecule has 146 valence electrons. The summed E-state index contributed by atoms with van der Waals surface area (Å²) in [4.78, 5) is 24.3. The molecule has 0 radical (unpaired) electrons. The van der Waals surface area contributed by atoms with E-state index in [1.807, 2.05) is 0 Å². The second kappa shape index (κ2) is 8.26. The molecule has 6 heteroatoms. The smallest absolute Gasteiger partial charge is 0.223 e. The Morgan fingerprint density at radius 1 is 0.846 bits per heavy atom. The number of ether oxygens (including phenoxy) is 2. The molecule has 26 heavy (non-hydrogen) atoms. The second-order valence-electron chi connectivity index (χ2n) is 8.56. The van der Waals surface area contributed by atoms with Gasteiger partial charge in [0.05, 0.1) is 25.3 Å². The molecule has 2 N–H and O–H groups in total. The van der Waals surface area contributed by atoms with Crippen molar-refractivity contribution in [3.8, 4) is 0 Å². The van der Waals surface area contributed by atoms with Crippen LogP contribution >= 0.6 is 0 Å². The van der Waals surface area contributed by atoms with E-state index in [4.69, 9.17) is 9.47 Å². The molecule has 2 saturated heterocycles. The minimum Gasteiger partial charge on any atom is -0.371 e. The first-order valence-electron chi connectivity index (χ1n) is 10.5. The van der Waals surface area contributed by atoms with E-state index in [1.165, 1.54) is 38.5 Å². The lowest BCUT2D eigenvalue weighted by Gasteiger charge is -2.21. The van der Waals surface area contributed by atoms with Crippen LogP contribution in [0.4, 0.5) is 0 Å². The zero-order chi connectivity index (χ0) is 17.9.